The third-order valence-corrected chi connectivity index (χ3v) is 7.15. The van der Waals surface area contributed by atoms with Crippen molar-refractivity contribution in [3.05, 3.63) is 34.7 Å². The molecule has 3 aliphatic heterocycles. The maximum atomic E-state index is 13.4. The molecule has 4 aliphatic rings. The van der Waals surface area contributed by atoms with E-state index >= 15 is 0 Å². The maximum Gasteiger partial charge on any atom is 0.261 e. The van der Waals surface area contributed by atoms with Crippen molar-refractivity contribution in [2.75, 3.05) is 13.1 Å². The summed E-state index contributed by atoms with van der Waals surface area (Å²) >= 11 is 1.23. The first-order valence-corrected chi connectivity index (χ1v) is 9.33. The largest absolute Gasteiger partial charge is 0.346 e. The van der Waals surface area contributed by atoms with Gasteiger partial charge in [0.15, 0.2) is 11.6 Å². The number of halogens is 3. The second-order valence-corrected chi connectivity index (χ2v) is 8.38. The molecule has 7 heteroatoms. The molecule has 1 aromatic heterocycles. The molecule has 3 nitrogen and oxygen atoms in total. The van der Waals surface area contributed by atoms with Crippen LogP contribution in [0.2, 0.25) is 0 Å². The molecule has 1 aliphatic carbocycles. The van der Waals surface area contributed by atoms with Crippen LogP contribution in [0.4, 0.5) is 8.78 Å². The number of hydrogen-bond acceptors (Lipinski definition) is 3. The summed E-state index contributed by atoms with van der Waals surface area (Å²) in [5.74, 6) is -1.29. The lowest BCUT2D eigenvalue weighted by Crippen LogP contribution is -2.65. The van der Waals surface area contributed by atoms with Gasteiger partial charge in [0.1, 0.15) is 0 Å². The van der Waals surface area contributed by atoms with Gasteiger partial charge in [-0.15, -0.1) is 23.7 Å². The van der Waals surface area contributed by atoms with Crippen molar-refractivity contribution in [1.29, 1.82) is 0 Å². The number of carbonyl (C=O) groups excluding carboxylic acids is 1. The summed E-state index contributed by atoms with van der Waals surface area (Å²) in [4.78, 5) is 15.8. The Kier molecular flexibility index (Phi) is 4.05. The summed E-state index contributed by atoms with van der Waals surface area (Å²) < 4.78 is 27.3. The SMILES string of the molecule is Cl.O=C(N[C@@H]1C2CCN(CC2)C12CC2)c1cc2cc(F)c(F)cc2s1. The van der Waals surface area contributed by atoms with Crippen molar-refractivity contribution in [3.8, 4) is 0 Å². The molecule has 2 aromatic rings. The molecule has 4 heterocycles. The second kappa shape index (κ2) is 5.89. The normalized spacial score (nSPS) is 28.8. The standard InChI is InChI=1S/C18H18F2N2OS.ClH/c19-12-7-11-8-15(24-14(11)9-13(12)20)17(23)21-16-10-1-5-22(6-2-10)18(16)3-4-18;/h7-10,16H,1-6H2,(H,21,23);1H/t16-;/m1./s1. The highest BCUT2D eigenvalue weighted by molar-refractivity contribution is 7.20. The Balaban J connectivity index is 0.00000157. The van der Waals surface area contributed by atoms with Crippen molar-refractivity contribution in [1.82, 2.24) is 10.2 Å². The van der Waals surface area contributed by atoms with Crippen molar-refractivity contribution < 1.29 is 13.6 Å². The molecule has 1 aromatic carbocycles. The van der Waals surface area contributed by atoms with Gasteiger partial charge in [-0.05, 0) is 68.3 Å². The number of amides is 1. The fourth-order valence-corrected chi connectivity index (χ4v) is 5.65. The van der Waals surface area contributed by atoms with Crippen LogP contribution < -0.4 is 5.32 Å². The monoisotopic (exact) mass is 384 g/mol. The zero-order chi connectivity index (χ0) is 16.5. The zero-order valence-corrected chi connectivity index (χ0v) is 15.2. The minimum absolute atomic E-state index is 0. The van der Waals surface area contributed by atoms with Crippen LogP contribution in [0.15, 0.2) is 18.2 Å². The van der Waals surface area contributed by atoms with Crippen LogP contribution in [0.1, 0.15) is 35.4 Å². The molecule has 1 N–H and O–H groups in total. The van der Waals surface area contributed by atoms with E-state index in [4.69, 9.17) is 0 Å². The minimum atomic E-state index is -0.874. The van der Waals surface area contributed by atoms with E-state index in [2.05, 4.69) is 10.2 Å². The second-order valence-electron chi connectivity index (χ2n) is 7.29. The predicted molar refractivity (Wildman–Crippen MR) is 96.5 cm³/mol. The van der Waals surface area contributed by atoms with Gasteiger partial charge >= 0.3 is 0 Å². The van der Waals surface area contributed by atoms with E-state index in [1.165, 1.54) is 17.4 Å². The van der Waals surface area contributed by atoms with Gasteiger partial charge in [-0.1, -0.05) is 0 Å². The summed E-state index contributed by atoms with van der Waals surface area (Å²) in [6.45, 7) is 2.30. The van der Waals surface area contributed by atoms with Crippen LogP contribution in [-0.2, 0) is 0 Å². The quantitative estimate of drug-likeness (QED) is 0.850. The number of nitrogens with one attached hydrogen (secondary N) is 1. The molecule has 134 valence electrons. The summed E-state index contributed by atoms with van der Waals surface area (Å²) in [6.07, 6.45) is 4.62. The van der Waals surface area contributed by atoms with Gasteiger partial charge in [-0.3, -0.25) is 9.69 Å². The van der Waals surface area contributed by atoms with Crippen LogP contribution in [0.5, 0.6) is 0 Å². The van der Waals surface area contributed by atoms with Crippen LogP contribution in [-0.4, -0.2) is 35.5 Å². The molecule has 0 unspecified atom stereocenters. The average molecular weight is 385 g/mol. The summed E-state index contributed by atoms with van der Waals surface area (Å²) in [7, 11) is 0. The summed E-state index contributed by atoms with van der Waals surface area (Å²) in [6, 6.07) is 4.21. The number of carbonyl (C=O) groups is 1. The average Bonchev–Trinajstić information content (AvgIpc) is 3.25. The molecule has 1 saturated carbocycles. The van der Waals surface area contributed by atoms with E-state index in [0.29, 0.717) is 20.9 Å². The minimum Gasteiger partial charge on any atom is -0.346 e. The van der Waals surface area contributed by atoms with Gasteiger partial charge in [0.05, 0.1) is 10.9 Å². The molecule has 1 atom stereocenters. The van der Waals surface area contributed by atoms with Crippen LogP contribution in [0.3, 0.4) is 0 Å². The lowest BCUT2D eigenvalue weighted by molar-refractivity contribution is -0.00138. The summed E-state index contributed by atoms with van der Waals surface area (Å²) in [5.41, 5.74) is 0.186. The molecule has 2 bridgehead atoms. The number of nitrogens with zero attached hydrogens (tertiary/aromatic N) is 1. The molecular weight excluding hydrogens is 366 g/mol. The first-order valence-electron chi connectivity index (χ1n) is 8.51. The van der Waals surface area contributed by atoms with Gasteiger partial charge in [-0.25, -0.2) is 8.78 Å². The van der Waals surface area contributed by atoms with Crippen LogP contribution in [0, 0.1) is 17.6 Å². The molecule has 25 heavy (non-hydrogen) atoms. The highest BCUT2D eigenvalue weighted by atomic mass is 35.5. The number of rotatable bonds is 2. The molecule has 6 rings (SSSR count). The molecular formula is C18H19ClF2N2OS. The molecule has 1 spiro atoms. The number of hydrogen-bond donors (Lipinski definition) is 1. The Morgan fingerprint density at radius 1 is 1.16 bits per heavy atom. The maximum absolute atomic E-state index is 13.4. The first kappa shape index (κ1) is 17.2. The Labute approximate surface area is 154 Å². The molecule has 1 amide bonds. The lowest BCUT2D eigenvalue weighted by atomic mass is 9.77. The zero-order valence-electron chi connectivity index (χ0n) is 13.6. The van der Waals surface area contributed by atoms with E-state index in [-0.39, 0.29) is 29.9 Å². The van der Waals surface area contributed by atoms with Gasteiger partial charge in [0, 0.05) is 10.2 Å². The Morgan fingerprint density at radius 2 is 1.84 bits per heavy atom. The topological polar surface area (TPSA) is 32.3 Å². The molecule has 3 saturated heterocycles. The van der Waals surface area contributed by atoms with E-state index in [1.807, 2.05) is 0 Å². The number of thiophene rings is 1. The van der Waals surface area contributed by atoms with Crippen molar-refractivity contribution >= 4 is 39.7 Å². The molecule has 4 fully saturated rings. The predicted octanol–water partition coefficient (Wildman–Crippen LogP) is 3.96. The van der Waals surface area contributed by atoms with E-state index in [1.54, 1.807) is 6.07 Å². The Morgan fingerprint density at radius 3 is 2.52 bits per heavy atom. The van der Waals surface area contributed by atoms with Crippen molar-refractivity contribution in [2.45, 2.75) is 37.3 Å². The molecule has 0 radical (unpaired) electrons. The van der Waals surface area contributed by atoms with E-state index < -0.39 is 11.6 Å². The highest BCUT2D eigenvalue weighted by Gasteiger charge is 2.60. The van der Waals surface area contributed by atoms with Gasteiger partial charge in [0.25, 0.3) is 5.91 Å². The van der Waals surface area contributed by atoms with Gasteiger partial charge in [-0.2, -0.15) is 0 Å². The Hall–Kier alpha value is -1.24. The number of piperidine rings is 3. The van der Waals surface area contributed by atoms with Gasteiger partial charge < -0.3 is 5.32 Å². The fourth-order valence-electron chi connectivity index (χ4n) is 4.68. The number of fused-ring (bicyclic) bond motifs is 3. The van der Waals surface area contributed by atoms with Crippen molar-refractivity contribution in [3.63, 3.8) is 0 Å². The van der Waals surface area contributed by atoms with Gasteiger partial charge in [0.2, 0.25) is 0 Å². The fraction of sp³-hybridized carbons (Fsp3) is 0.500. The van der Waals surface area contributed by atoms with Crippen LogP contribution >= 0.6 is 23.7 Å². The van der Waals surface area contributed by atoms with E-state index in [0.717, 1.165) is 44.8 Å². The summed E-state index contributed by atoms with van der Waals surface area (Å²) in [5, 5.41) is 3.83. The van der Waals surface area contributed by atoms with Crippen LogP contribution in [0.25, 0.3) is 10.1 Å². The third kappa shape index (κ3) is 2.57. The third-order valence-electron chi connectivity index (χ3n) is 6.05. The highest BCUT2D eigenvalue weighted by Crippen LogP contribution is 2.53. The van der Waals surface area contributed by atoms with Crippen molar-refractivity contribution in [2.24, 2.45) is 5.92 Å². The first-order chi connectivity index (χ1) is 11.6. The lowest BCUT2D eigenvalue weighted by Gasteiger charge is -2.52. The van der Waals surface area contributed by atoms with E-state index in [9.17, 15) is 13.6 Å². The number of benzene rings is 1. The Bertz CT molecular complexity index is 804. The smallest absolute Gasteiger partial charge is 0.261 e.